The predicted molar refractivity (Wildman–Crippen MR) is 119 cm³/mol. The summed E-state index contributed by atoms with van der Waals surface area (Å²) >= 11 is 0. The van der Waals surface area contributed by atoms with Crippen LogP contribution in [0.1, 0.15) is 56.2 Å². The molecule has 4 rings (SSSR count). The third kappa shape index (κ3) is 4.19. The SMILES string of the molecule is CCC(Oc1ccccc1)c1nc2ccccc2n1Cc1ccc(C(C)C)cc1. The Bertz CT molecular complexity index is 1070. The highest BCUT2D eigenvalue weighted by atomic mass is 16.5. The molecule has 0 spiro atoms. The molecule has 0 saturated heterocycles. The van der Waals surface area contributed by atoms with Gasteiger partial charge in [0.1, 0.15) is 5.75 Å². The van der Waals surface area contributed by atoms with Crippen LogP contribution in [0.4, 0.5) is 0 Å². The second-order valence-electron chi connectivity index (χ2n) is 7.77. The summed E-state index contributed by atoms with van der Waals surface area (Å²) < 4.78 is 8.63. The smallest absolute Gasteiger partial charge is 0.156 e. The number of hydrogen-bond donors (Lipinski definition) is 0. The summed E-state index contributed by atoms with van der Waals surface area (Å²) in [5.74, 6) is 2.39. The minimum absolute atomic E-state index is 0.0975. The van der Waals surface area contributed by atoms with Crippen molar-refractivity contribution in [2.24, 2.45) is 0 Å². The molecule has 148 valence electrons. The number of benzene rings is 3. The summed E-state index contributed by atoms with van der Waals surface area (Å²) in [6.45, 7) is 7.38. The molecule has 1 unspecified atom stereocenters. The highest BCUT2D eigenvalue weighted by Crippen LogP contribution is 2.28. The van der Waals surface area contributed by atoms with Crippen molar-refractivity contribution in [1.82, 2.24) is 9.55 Å². The van der Waals surface area contributed by atoms with Gasteiger partial charge in [0.2, 0.25) is 0 Å². The number of ether oxygens (including phenoxy) is 1. The Labute approximate surface area is 173 Å². The van der Waals surface area contributed by atoms with E-state index >= 15 is 0 Å². The Morgan fingerprint density at radius 2 is 1.55 bits per heavy atom. The first-order valence-electron chi connectivity index (χ1n) is 10.4. The average molecular weight is 385 g/mol. The molecule has 0 bridgehead atoms. The summed E-state index contributed by atoms with van der Waals surface area (Å²) in [6, 6.07) is 27.3. The van der Waals surface area contributed by atoms with E-state index in [4.69, 9.17) is 9.72 Å². The van der Waals surface area contributed by atoms with Gasteiger partial charge in [0, 0.05) is 6.54 Å². The van der Waals surface area contributed by atoms with Crippen LogP contribution in [0.2, 0.25) is 0 Å². The number of para-hydroxylation sites is 3. The van der Waals surface area contributed by atoms with Crippen molar-refractivity contribution in [2.75, 3.05) is 0 Å². The van der Waals surface area contributed by atoms with Gasteiger partial charge < -0.3 is 9.30 Å². The minimum Gasteiger partial charge on any atom is -0.483 e. The van der Waals surface area contributed by atoms with E-state index in [0.29, 0.717) is 5.92 Å². The van der Waals surface area contributed by atoms with Crippen molar-refractivity contribution in [3.8, 4) is 5.75 Å². The fourth-order valence-corrected chi connectivity index (χ4v) is 3.68. The second-order valence-corrected chi connectivity index (χ2v) is 7.77. The maximum atomic E-state index is 6.32. The summed E-state index contributed by atoms with van der Waals surface area (Å²) in [4.78, 5) is 4.96. The standard InChI is InChI=1S/C26H28N2O/c1-4-25(29-22-10-6-5-7-11-22)26-27-23-12-8-9-13-24(23)28(26)18-20-14-16-21(17-15-20)19(2)3/h5-17,19,25H,4,18H2,1-3H3. The molecule has 1 aromatic heterocycles. The fraction of sp³-hybridized carbons (Fsp3) is 0.269. The third-order valence-corrected chi connectivity index (χ3v) is 5.35. The van der Waals surface area contributed by atoms with Gasteiger partial charge >= 0.3 is 0 Å². The van der Waals surface area contributed by atoms with Gasteiger partial charge in [-0.2, -0.15) is 0 Å². The maximum Gasteiger partial charge on any atom is 0.156 e. The van der Waals surface area contributed by atoms with Crippen molar-refractivity contribution in [3.05, 3.63) is 95.8 Å². The lowest BCUT2D eigenvalue weighted by Gasteiger charge is -2.19. The normalized spacial score (nSPS) is 12.4. The lowest BCUT2D eigenvalue weighted by atomic mass is 10.0. The van der Waals surface area contributed by atoms with Gasteiger partial charge in [-0.25, -0.2) is 4.98 Å². The van der Waals surface area contributed by atoms with Crippen LogP contribution in [-0.4, -0.2) is 9.55 Å². The van der Waals surface area contributed by atoms with Gasteiger partial charge in [-0.3, -0.25) is 0 Å². The average Bonchev–Trinajstić information content (AvgIpc) is 3.11. The molecule has 3 nitrogen and oxygen atoms in total. The van der Waals surface area contributed by atoms with Crippen molar-refractivity contribution in [1.29, 1.82) is 0 Å². The van der Waals surface area contributed by atoms with E-state index in [2.05, 4.69) is 67.8 Å². The lowest BCUT2D eigenvalue weighted by molar-refractivity contribution is 0.187. The Balaban J connectivity index is 1.71. The van der Waals surface area contributed by atoms with Crippen LogP contribution in [0.5, 0.6) is 5.75 Å². The van der Waals surface area contributed by atoms with Crippen molar-refractivity contribution in [2.45, 2.75) is 45.8 Å². The number of hydrogen-bond acceptors (Lipinski definition) is 2. The molecule has 0 N–H and O–H groups in total. The van der Waals surface area contributed by atoms with Gasteiger partial charge in [-0.15, -0.1) is 0 Å². The zero-order valence-corrected chi connectivity index (χ0v) is 17.4. The molecule has 0 saturated carbocycles. The zero-order chi connectivity index (χ0) is 20.2. The Morgan fingerprint density at radius 3 is 2.24 bits per heavy atom. The van der Waals surface area contributed by atoms with E-state index in [1.54, 1.807) is 0 Å². The summed E-state index contributed by atoms with van der Waals surface area (Å²) in [7, 11) is 0. The van der Waals surface area contributed by atoms with E-state index in [-0.39, 0.29) is 6.10 Å². The van der Waals surface area contributed by atoms with Gasteiger partial charge in [0.25, 0.3) is 0 Å². The molecule has 4 aromatic rings. The number of aromatic nitrogens is 2. The number of fused-ring (bicyclic) bond motifs is 1. The first kappa shape index (κ1) is 19.3. The Hall–Kier alpha value is -3.07. The van der Waals surface area contributed by atoms with E-state index in [9.17, 15) is 0 Å². The van der Waals surface area contributed by atoms with Gasteiger partial charge in [0.05, 0.1) is 11.0 Å². The molecule has 1 atom stereocenters. The lowest BCUT2D eigenvalue weighted by Crippen LogP contribution is -2.14. The molecule has 3 aromatic carbocycles. The van der Waals surface area contributed by atoms with Crippen LogP contribution in [0.25, 0.3) is 11.0 Å². The number of nitrogens with zero attached hydrogens (tertiary/aromatic N) is 2. The zero-order valence-electron chi connectivity index (χ0n) is 17.4. The predicted octanol–water partition coefficient (Wildman–Crippen LogP) is 6.74. The van der Waals surface area contributed by atoms with Crippen molar-refractivity contribution in [3.63, 3.8) is 0 Å². The van der Waals surface area contributed by atoms with E-state index < -0.39 is 0 Å². The first-order valence-corrected chi connectivity index (χ1v) is 10.4. The van der Waals surface area contributed by atoms with Crippen LogP contribution in [0.3, 0.4) is 0 Å². The Morgan fingerprint density at radius 1 is 0.862 bits per heavy atom. The van der Waals surface area contributed by atoms with E-state index in [1.165, 1.54) is 11.1 Å². The van der Waals surface area contributed by atoms with Crippen LogP contribution in [0, 0.1) is 0 Å². The number of rotatable bonds is 7. The molecular formula is C26H28N2O. The largest absolute Gasteiger partial charge is 0.483 e. The molecule has 3 heteroatoms. The molecule has 29 heavy (non-hydrogen) atoms. The molecule has 0 aliphatic rings. The molecule has 0 fully saturated rings. The quantitative estimate of drug-likeness (QED) is 0.353. The summed E-state index contributed by atoms with van der Waals surface area (Å²) in [5.41, 5.74) is 4.79. The van der Waals surface area contributed by atoms with Crippen LogP contribution < -0.4 is 4.74 Å². The fourth-order valence-electron chi connectivity index (χ4n) is 3.68. The van der Waals surface area contributed by atoms with Crippen molar-refractivity contribution < 1.29 is 4.74 Å². The molecule has 0 amide bonds. The highest BCUT2D eigenvalue weighted by molar-refractivity contribution is 5.76. The second kappa shape index (κ2) is 8.52. The monoisotopic (exact) mass is 384 g/mol. The van der Waals surface area contributed by atoms with E-state index in [0.717, 1.165) is 35.6 Å². The highest BCUT2D eigenvalue weighted by Gasteiger charge is 2.21. The third-order valence-electron chi connectivity index (χ3n) is 5.35. The maximum absolute atomic E-state index is 6.32. The molecule has 1 heterocycles. The number of imidazole rings is 1. The van der Waals surface area contributed by atoms with Gasteiger partial charge in [0.15, 0.2) is 11.9 Å². The van der Waals surface area contributed by atoms with Gasteiger partial charge in [-0.1, -0.05) is 75.4 Å². The van der Waals surface area contributed by atoms with E-state index in [1.807, 2.05) is 36.4 Å². The minimum atomic E-state index is -0.0975. The van der Waals surface area contributed by atoms with Crippen LogP contribution in [0.15, 0.2) is 78.9 Å². The topological polar surface area (TPSA) is 27.1 Å². The van der Waals surface area contributed by atoms with Crippen LogP contribution in [-0.2, 0) is 6.54 Å². The first-order chi connectivity index (χ1) is 14.2. The Kier molecular flexibility index (Phi) is 5.66. The molecule has 0 aliphatic heterocycles. The van der Waals surface area contributed by atoms with Crippen LogP contribution >= 0.6 is 0 Å². The molecule has 0 aliphatic carbocycles. The summed E-state index contributed by atoms with van der Waals surface area (Å²) in [6.07, 6.45) is 0.754. The van der Waals surface area contributed by atoms with Gasteiger partial charge in [-0.05, 0) is 47.7 Å². The van der Waals surface area contributed by atoms with Crippen molar-refractivity contribution >= 4 is 11.0 Å². The molecule has 0 radical (unpaired) electrons. The molecular weight excluding hydrogens is 356 g/mol. The summed E-state index contributed by atoms with van der Waals surface area (Å²) in [5, 5.41) is 0.